The van der Waals surface area contributed by atoms with Crippen molar-refractivity contribution in [1.82, 2.24) is 0 Å². The van der Waals surface area contributed by atoms with E-state index in [2.05, 4.69) is 20.8 Å². The number of rotatable bonds is 10. The second-order valence-corrected chi connectivity index (χ2v) is 9.76. The van der Waals surface area contributed by atoms with Crippen molar-refractivity contribution in [2.75, 3.05) is 11.5 Å². The van der Waals surface area contributed by atoms with Crippen LogP contribution in [-0.4, -0.2) is 23.4 Å². The average Bonchev–Trinajstić information content (AvgIpc) is 3.19. The molecule has 3 aromatic rings. The van der Waals surface area contributed by atoms with Crippen LogP contribution in [0.4, 0.5) is 5.69 Å². The van der Waals surface area contributed by atoms with Gasteiger partial charge in [-0.1, -0.05) is 101 Å². The maximum Gasteiger partial charge on any atom is 0.300 e. The third kappa shape index (κ3) is 5.77. The Bertz CT molecular complexity index is 1260. The number of amides is 1. The Morgan fingerprint density at radius 2 is 1.65 bits per heavy atom. The molecule has 1 fully saturated rings. The van der Waals surface area contributed by atoms with Gasteiger partial charge in [-0.15, -0.1) is 0 Å². The Balaban J connectivity index is 1.76. The van der Waals surface area contributed by atoms with Crippen LogP contribution in [0.5, 0.6) is 5.75 Å². The van der Waals surface area contributed by atoms with Gasteiger partial charge in [-0.2, -0.15) is 0 Å². The molecule has 0 spiro atoms. The molecule has 192 valence electrons. The highest BCUT2D eigenvalue weighted by Gasteiger charge is 2.47. The van der Waals surface area contributed by atoms with E-state index in [4.69, 9.17) is 4.74 Å². The number of hydrogen-bond donors (Lipinski definition) is 1. The molecule has 1 aliphatic heterocycles. The van der Waals surface area contributed by atoms with Crippen LogP contribution >= 0.6 is 0 Å². The molecule has 0 saturated carbocycles. The number of ether oxygens (including phenoxy) is 1. The summed E-state index contributed by atoms with van der Waals surface area (Å²) in [6.45, 7) is 6.99. The van der Waals surface area contributed by atoms with Gasteiger partial charge in [0.1, 0.15) is 11.5 Å². The number of Topliss-reactive ketones (excluding diaryl/α,β-unsaturated/α-hetero) is 1. The van der Waals surface area contributed by atoms with Crippen LogP contribution in [-0.2, 0) is 9.59 Å². The van der Waals surface area contributed by atoms with E-state index in [1.807, 2.05) is 42.5 Å². The van der Waals surface area contributed by atoms with Gasteiger partial charge in [-0.3, -0.25) is 14.5 Å². The Morgan fingerprint density at radius 3 is 2.32 bits per heavy atom. The lowest BCUT2D eigenvalue weighted by Gasteiger charge is -2.26. The first-order chi connectivity index (χ1) is 17.9. The van der Waals surface area contributed by atoms with Gasteiger partial charge in [-0.25, -0.2) is 0 Å². The van der Waals surface area contributed by atoms with Crippen LogP contribution in [0.1, 0.15) is 75.1 Å². The van der Waals surface area contributed by atoms with Gasteiger partial charge < -0.3 is 9.84 Å². The largest absolute Gasteiger partial charge is 0.507 e. The van der Waals surface area contributed by atoms with Gasteiger partial charge in [0.25, 0.3) is 11.7 Å². The molecule has 1 heterocycles. The van der Waals surface area contributed by atoms with Crippen molar-refractivity contribution in [1.29, 1.82) is 0 Å². The fraction of sp³-hybridized carbons (Fsp3) is 0.312. The Hall–Kier alpha value is -3.86. The highest BCUT2D eigenvalue weighted by molar-refractivity contribution is 6.51. The van der Waals surface area contributed by atoms with Gasteiger partial charge in [0.05, 0.1) is 18.2 Å². The number of ketones is 1. The van der Waals surface area contributed by atoms with Crippen molar-refractivity contribution in [3.8, 4) is 5.75 Å². The molecule has 0 aliphatic carbocycles. The summed E-state index contributed by atoms with van der Waals surface area (Å²) < 4.78 is 5.96. The Kier molecular flexibility index (Phi) is 8.44. The van der Waals surface area contributed by atoms with Crippen LogP contribution in [0.3, 0.4) is 0 Å². The molecule has 1 saturated heterocycles. The monoisotopic (exact) mass is 497 g/mol. The van der Waals surface area contributed by atoms with Crippen molar-refractivity contribution in [3.63, 3.8) is 0 Å². The molecule has 4 rings (SSSR count). The summed E-state index contributed by atoms with van der Waals surface area (Å²) in [4.78, 5) is 28.3. The Morgan fingerprint density at radius 1 is 0.919 bits per heavy atom. The minimum Gasteiger partial charge on any atom is -0.507 e. The first-order valence-corrected chi connectivity index (χ1v) is 13.1. The van der Waals surface area contributed by atoms with E-state index in [1.54, 1.807) is 36.4 Å². The predicted octanol–water partition coefficient (Wildman–Crippen LogP) is 7.40. The number of carbonyl (C=O) groups is 2. The highest BCUT2D eigenvalue weighted by Crippen LogP contribution is 2.43. The summed E-state index contributed by atoms with van der Waals surface area (Å²) in [6.07, 6.45) is 4.40. The van der Waals surface area contributed by atoms with E-state index in [0.29, 0.717) is 29.5 Å². The highest BCUT2D eigenvalue weighted by atomic mass is 16.5. The molecule has 1 amide bonds. The van der Waals surface area contributed by atoms with Gasteiger partial charge >= 0.3 is 0 Å². The molecule has 1 aliphatic rings. The number of aliphatic hydroxyl groups excluding tert-OH is 1. The van der Waals surface area contributed by atoms with E-state index < -0.39 is 17.7 Å². The van der Waals surface area contributed by atoms with Crippen molar-refractivity contribution >= 4 is 23.1 Å². The number of unbranched alkanes of at least 4 members (excludes halogenated alkanes) is 3. The first-order valence-electron chi connectivity index (χ1n) is 13.1. The summed E-state index contributed by atoms with van der Waals surface area (Å²) in [7, 11) is 0. The lowest BCUT2D eigenvalue weighted by Crippen LogP contribution is -2.29. The lowest BCUT2D eigenvalue weighted by molar-refractivity contribution is -0.132. The predicted molar refractivity (Wildman–Crippen MR) is 148 cm³/mol. The summed E-state index contributed by atoms with van der Waals surface area (Å²) in [5.41, 5.74) is 3.04. The van der Waals surface area contributed by atoms with Gasteiger partial charge in [0, 0.05) is 17.3 Å². The molecule has 1 atom stereocenters. The number of anilines is 1. The smallest absolute Gasteiger partial charge is 0.300 e. The van der Waals surface area contributed by atoms with Crippen molar-refractivity contribution in [2.24, 2.45) is 0 Å². The lowest BCUT2D eigenvalue weighted by atomic mass is 9.93. The molecule has 5 nitrogen and oxygen atoms in total. The van der Waals surface area contributed by atoms with Crippen LogP contribution in [0.2, 0.25) is 0 Å². The van der Waals surface area contributed by atoms with E-state index in [9.17, 15) is 14.7 Å². The second kappa shape index (κ2) is 11.9. The van der Waals surface area contributed by atoms with E-state index in [1.165, 1.54) is 11.3 Å². The molecule has 0 radical (unpaired) electrons. The quantitative estimate of drug-likeness (QED) is 0.137. The topological polar surface area (TPSA) is 66.8 Å². The summed E-state index contributed by atoms with van der Waals surface area (Å²) in [5.74, 6) is -0.563. The molecular weight excluding hydrogens is 462 g/mol. The van der Waals surface area contributed by atoms with Crippen molar-refractivity contribution in [2.45, 2.75) is 58.4 Å². The maximum atomic E-state index is 13.4. The van der Waals surface area contributed by atoms with Crippen LogP contribution in [0.15, 0.2) is 84.4 Å². The fourth-order valence-electron chi connectivity index (χ4n) is 4.67. The van der Waals surface area contributed by atoms with Crippen LogP contribution in [0.25, 0.3) is 5.76 Å². The summed E-state index contributed by atoms with van der Waals surface area (Å²) in [5, 5.41) is 11.2. The van der Waals surface area contributed by atoms with Crippen LogP contribution < -0.4 is 9.64 Å². The standard InChI is InChI=1S/C32H35NO4/c1-4-5-6-10-20-37-27-15-11-14-26(21-27)33-29(24-18-16-23(17-19-24)22(2)3)28(31(35)32(33)36)30(34)25-12-8-7-9-13-25/h7-9,11-19,21-22,29,34H,4-6,10,20H2,1-3H3/b30-28+. The van der Waals surface area contributed by atoms with E-state index in [0.717, 1.165) is 30.4 Å². The van der Waals surface area contributed by atoms with Crippen LogP contribution in [0, 0.1) is 0 Å². The minimum absolute atomic E-state index is 0.0828. The second-order valence-electron chi connectivity index (χ2n) is 9.76. The molecule has 1 N–H and O–H groups in total. The van der Waals surface area contributed by atoms with E-state index >= 15 is 0 Å². The summed E-state index contributed by atoms with van der Waals surface area (Å²) >= 11 is 0. The zero-order valence-corrected chi connectivity index (χ0v) is 21.8. The summed E-state index contributed by atoms with van der Waals surface area (Å²) in [6, 6.07) is 23.3. The third-order valence-electron chi connectivity index (χ3n) is 6.77. The van der Waals surface area contributed by atoms with Gasteiger partial charge in [-0.05, 0) is 35.6 Å². The fourth-order valence-corrected chi connectivity index (χ4v) is 4.67. The van der Waals surface area contributed by atoms with Crippen molar-refractivity contribution < 1.29 is 19.4 Å². The zero-order chi connectivity index (χ0) is 26.4. The zero-order valence-electron chi connectivity index (χ0n) is 21.8. The number of benzene rings is 3. The molecule has 3 aromatic carbocycles. The normalized spacial score (nSPS) is 17.0. The van der Waals surface area contributed by atoms with Gasteiger partial charge in [0.15, 0.2) is 0 Å². The minimum atomic E-state index is -0.763. The number of hydrogen-bond acceptors (Lipinski definition) is 4. The van der Waals surface area contributed by atoms with E-state index in [-0.39, 0.29) is 11.3 Å². The molecule has 37 heavy (non-hydrogen) atoms. The molecule has 0 aromatic heterocycles. The number of nitrogens with zero attached hydrogens (tertiary/aromatic N) is 1. The number of carbonyl (C=O) groups excluding carboxylic acids is 2. The molecule has 0 bridgehead atoms. The Labute approximate surface area is 219 Å². The third-order valence-corrected chi connectivity index (χ3v) is 6.77. The number of aliphatic hydroxyl groups is 1. The first kappa shape index (κ1) is 26.2. The molecule has 5 heteroatoms. The SMILES string of the molecule is CCCCCCOc1cccc(N2C(=O)C(=O)/C(=C(/O)c3ccccc3)C2c2ccc(C(C)C)cc2)c1. The maximum absolute atomic E-state index is 13.4. The van der Waals surface area contributed by atoms with Crippen molar-refractivity contribution in [3.05, 3.63) is 101 Å². The molecular formula is C32H35NO4. The molecule has 1 unspecified atom stereocenters. The average molecular weight is 498 g/mol. The van der Waals surface area contributed by atoms with Gasteiger partial charge in [0.2, 0.25) is 0 Å².